The predicted octanol–water partition coefficient (Wildman–Crippen LogP) is 1.13. The van der Waals surface area contributed by atoms with Crippen LogP contribution >= 0.6 is 0 Å². The lowest BCUT2D eigenvalue weighted by molar-refractivity contribution is 0.0988. The molecule has 0 amide bonds. The standard InChI is InChI=1S/C9H12N2O/c1-2-9(12)7-3-4-11-8(5-7)6-10/h3-5H,2,6,10H2,1H3. The predicted molar refractivity (Wildman–Crippen MR) is 46.7 cm³/mol. The van der Waals surface area contributed by atoms with Crippen molar-refractivity contribution in [3.63, 3.8) is 0 Å². The zero-order chi connectivity index (χ0) is 8.97. The van der Waals surface area contributed by atoms with Gasteiger partial charge in [-0.15, -0.1) is 0 Å². The van der Waals surface area contributed by atoms with Gasteiger partial charge in [0.1, 0.15) is 0 Å². The minimum Gasteiger partial charge on any atom is -0.325 e. The number of carbonyl (C=O) groups is 1. The zero-order valence-corrected chi connectivity index (χ0v) is 7.08. The summed E-state index contributed by atoms with van der Waals surface area (Å²) in [6.45, 7) is 2.22. The molecule has 0 aliphatic heterocycles. The highest BCUT2D eigenvalue weighted by molar-refractivity contribution is 5.95. The fraction of sp³-hybridized carbons (Fsp3) is 0.333. The van der Waals surface area contributed by atoms with Crippen molar-refractivity contribution in [1.82, 2.24) is 4.98 Å². The van der Waals surface area contributed by atoms with Gasteiger partial charge in [-0.1, -0.05) is 6.92 Å². The normalized spacial score (nSPS) is 9.83. The SMILES string of the molecule is CCC(=O)c1ccnc(CN)c1. The molecule has 1 heterocycles. The van der Waals surface area contributed by atoms with Crippen LogP contribution in [0, 0.1) is 0 Å². The van der Waals surface area contributed by atoms with Crippen LogP contribution in [0.3, 0.4) is 0 Å². The average molecular weight is 164 g/mol. The van der Waals surface area contributed by atoms with E-state index in [1.54, 1.807) is 18.3 Å². The van der Waals surface area contributed by atoms with Crippen LogP contribution in [0.5, 0.6) is 0 Å². The fourth-order valence-corrected chi connectivity index (χ4v) is 0.967. The molecule has 64 valence electrons. The molecular formula is C9H12N2O. The number of pyridine rings is 1. The first-order valence-electron chi connectivity index (χ1n) is 3.96. The Morgan fingerprint density at radius 3 is 3.00 bits per heavy atom. The summed E-state index contributed by atoms with van der Waals surface area (Å²) >= 11 is 0. The van der Waals surface area contributed by atoms with E-state index in [1.807, 2.05) is 6.92 Å². The molecule has 1 rings (SSSR count). The number of aromatic nitrogens is 1. The van der Waals surface area contributed by atoms with Crippen LogP contribution in [-0.2, 0) is 6.54 Å². The van der Waals surface area contributed by atoms with E-state index in [9.17, 15) is 4.79 Å². The molecule has 12 heavy (non-hydrogen) atoms. The highest BCUT2D eigenvalue weighted by atomic mass is 16.1. The molecule has 1 aromatic heterocycles. The molecule has 0 unspecified atom stereocenters. The van der Waals surface area contributed by atoms with Gasteiger partial charge in [0.25, 0.3) is 0 Å². The summed E-state index contributed by atoms with van der Waals surface area (Å²) in [5.41, 5.74) is 6.85. The van der Waals surface area contributed by atoms with Crippen molar-refractivity contribution < 1.29 is 4.79 Å². The molecular weight excluding hydrogens is 152 g/mol. The molecule has 0 bridgehead atoms. The number of rotatable bonds is 3. The number of hydrogen-bond donors (Lipinski definition) is 1. The Hall–Kier alpha value is -1.22. The van der Waals surface area contributed by atoms with Crippen molar-refractivity contribution in [3.05, 3.63) is 29.6 Å². The number of Topliss-reactive ketones (excluding diaryl/α,β-unsaturated/α-hetero) is 1. The van der Waals surface area contributed by atoms with Crippen LogP contribution in [-0.4, -0.2) is 10.8 Å². The Morgan fingerprint density at radius 1 is 1.67 bits per heavy atom. The van der Waals surface area contributed by atoms with Gasteiger partial charge in [-0.25, -0.2) is 0 Å². The van der Waals surface area contributed by atoms with Crippen LogP contribution in [0.2, 0.25) is 0 Å². The van der Waals surface area contributed by atoms with Gasteiger partial charge >= 0.3 is 0 Å². The molecule has 3 heteroatoms. The number of nitrogens with zero attached hydrogens (tertiary/aromatic N) is 1. The topological polar surface area (TPSA) is 56.0 Å². The number of carbonyl (C=O) groups excluding carboxylic acids is 1. The van der Waals surface area contributed by atoms with Gasteiger partial charge in [0.05, 0.1) is 5.69 Å². The van der Waals surface area contributed by atoms with E-state index >= 15 is 0 Å². The third kappa shape index (κ3) is 1.89. The maximum Gasteiger partial charge on any atom is 0.162 e. The average Bonchev–Trinajstić information content (AvgIpc) is 2.17. The number of nitrogens with two attached hydrogens (primary N) is 1. The van der Waals surface area contributed by atoms with E-state index in [2.05, 4.69) is 4.98 Å². The highest BCUT2D eigenvalue weighted by Gasteiger charge is 2.02. The second-order valence-corrected chi connectivity index (χ2v) is 2.52. The van der Waals surface area contributed by atoms with Gasteiger partial charge in [0.2, 0.25) is 0 Å². The van der Waals surface area contributed by atoms with Crippen molar-refractivity contribution in [1.29, 1.82) is 0 Å². The van der Waals surface area contributed by atoms with Crippen molar-refractivity contribution in [2.24, 2.45) is 5.73 Å². The van der Waals surface area contributed by atoms with Gasteiger partial charge in [0, 0.05) is 24.7 Å². The Labute approximate surface area is 71.6 Å². The number of hydrogen-bond acceptors (Lipinski definition) is 3. The minimum atomic E-state index is 0.132. The Morgan fingerprint density at radius 2 is 2.42 bits per heavy atom. The molecule has 0 aromatic carbocycles. The molecule has 1 aromatic rings. The molecule has 0 atom stereocenters. The maximum atomic E-state index is 11.2. The summed E-state index contributed by atoms with van der Waals surface area (Å²) in [7, 11) is 0. The van der Waals surface area contributed by atoms with E-state index in [-0.39, 0.29) is 5.78 Å². The third-order valence-corrected chi connectivity index (χ3v) is 1.67. The first kappa shape index (κ1) is 8.87. The lowest BCUT2D eigenvalue weighted by Crippen LogP contribution is -2.03. The zero-order valence-electron chi connectivity index (χ0n) is 7.08. The number of ketones is 1. The lowest BCUT2D eigenvalue weighted by atomic mass is 10.1. The van der Waals surface area contributed by atoms with Crippen LogP contribution in [0.4, 0.5) is 0 Å². The van der Waals surface area contributed by atoms with Crippen LogP contribution in [0.25, 0.3) is 0 Å². The first-order chi connectivity index (χ1) is 5.77. The van der Waals surface area contributed by atoms with E-state index in [1.165, 1.54) is 0 Å². The van der Waals surface area contributed by atoms with Crippen molar-refractivity contribution in [2.75, 3.05) is 0 Å². The second kappa shape index (κ2) is 3.97. The molecule has 0 spiro atoms. The van der Waals surface area contributed by atoms with Crippen LogP contribution in [0.1, 0.15) is 29.4 Å². The second-order valence-electron chi connectivity index (χ2n) is 2.52. The summed E-state index contributed by atoms with van der Waals surface area (Å²) in [6.07, 6.45) is 2.14. The molecule has 0 saturated heterocycles. The van der Waals surface area contributed by atoms with Crippen molar-refractivity contribution in [2.45, 2.75) is 19.9 Å². The van der Waals surface area contributed by atoms with E-state index in [0.717, 1.165) is 5.69 Å². The Balaban J connectivity index is 2.93. The highest BCUT2D eigenvalue weighted by Crippen LogP contribution is 2.04. The van der Waals surface area contributed by atoms with Gasteiger partial charge in [-0.2, -0.15) is 0 Å². The van der Waals surface area contributed by atoms with Gasteiger partial charge in [0.15, 0.2) is 5.78 Å². The maximum absolute atomic E-state index is 11.2. The third-order valence-electron chi connectivity index (χ3n) is 1.67. The van der Waals surface area contributed by atoms with Gasteiger partial charge < -0.3 is 5.73 Å². The fourth-order valence-electron chi connectivity index (χ4n) is 0.967. The van der Waals surface area contributed by atoms with E-state index < -0.39 is 0 Å². The summed E-state index contributed by atoms with van der Waals surface area (Å²) in [6, 6.07) is 3.46. The molecule has 2 N–H and O–H groups in total. The Bertz CT molecular complexity index is 284. The van der Waals surface area contributed by atoms with Crippen molar-refractivity contribution >= 4 is 5.78 Å². The summed E-state index contributed by atoms with van der Waals surface area (Å²) in [4.78, 5) is 15.2. The quantitative estimate of drug-likeness (QED) is 0.681. The largest absolute Gasteiger partial charge is 0.325 e. The van der Waals surface area contributed by atoms with Crippen LogP contribution in [0.15, 0.2) is 18.3 Å². The first-order valence-corrected chi connectivity index (χ1v) is 3.96. The summed E-state index contributed by atoms with van der Waals surface area (Å²) in [5.74, 6) is 0.132. The monoisotopic (exact) mass is 164 g/mol. The van der Waals surface area contributed by atoms with Gasteiger partial charge in [-0.3, -0.25) is 9.78 Å². The smallest absolute Gasteiger partial charge is 0.162 e. The molecule has 3 nitrogen and oxygen atoms in total. The van der Waals surface area contributed by atoms with E-state index in [4.69, 9.17) is 5.73 Å². The van der Waals surface area contributed by atoms with Crippen molar-refractivity contribution in [3.8, 4) is 0 Å². The lowest BCUT2D eigenvalue weighted by Gasteiger charge is -1.99. The molecule has 0 fully saturated rings. The van der Waals surface area contributed by atoms with E-state index in [0.29, 0.717) is 18.5 Å². The molecule has 0 aliphatic carbocycles. The molecule has 0 aliphatic rings. The Kier molecular flexibility index (Phi) is 2.94. The van der Waals surface area contributed by atoms with Gasteiger partial charge in [-0.05, 0) is 12.1 Å². The molecule has 0 saturated carbocycles. The summed E-state index contributed by atoms with van der Waals surface area (Å²) in [5, 5.41) is 0. The summed E-state index contributed by atoms with van der Waals surface area (Å²) < 4.78 is 0. The minimum absolute atomic E-state index is 0.132. The van der Waals surface area contributed by atoms with Crippen LogP contribution < -0.4 is 5.73 Å². The molecule has 0 radical (unpaired) electrons.